The van der Waals surface area contributed by atoms with E-state index in [2.05, 4.69) is 10.1 Å². The fourth-order valence-electron chi connectivity index (χ4n) is 2.14. The lowest BCUT2D eigenvalue weighted by atomic mass is 10.0. The van der Waals surface area contributed by atoms with Gasteiger partial charge in [0, 0.05) is 17.7 Å². The molecule has 98 valence electrons. The number of hydrogen-bond acceptors (Lipinski definition) is 5. The van der Waals surface area contributed by atoms with Gasteiger partial charge in [0.05, 0.1) is 0 Å². The van der Waals surface area contributed by atoms with Crippen LogP contribution in [0.4, 0.5) is 5.95 Å². The van der Waals surface area contributed by atoms with Crippen molar-refractivity contribution in [2.75, 3.05) is 6.54 Å². The Balaban J connectivity index is 1.99. The number of carbonyl (C=O) groups is 1. The molecule has 0 unspecified atom stereocenters. The average molecular weight is 253 g/mol. The van der Waals surface area contributed by atoms with Crippen LogP contribution in [0.3, 0.4) is 0 Å². The number of nitrogens with zero attached hydrogens (tertiary/aromatic N) is 5. The van der Waals surface area contributed by atoms with Crippen molar-refractivity contribution in [2.45, 2.75) is 38.8 Å². The van der Waals surface area contributed by atoms with Crippen LogP contribution in [0.5, 0.6) is 0 Å². The number of amides is 1. The Morgan fingerprint density at radius 2 is 2.39 bits per heavy atom. The van der Waals surface area contributed by atoms with Crippen molar-refractivity contribution in [1.29, 1.82) is 0 Å². The highest BCUT2D eigenvalue weighted by atomic mass is 16.6. The van der Waals surface area contributed by atoms with Gasteiger partial charge in [0.2, 0.25) is 12.2 Å². The molecule has 1 atom stereocenters. The number of aromatic nitrogens is 3. The van der Waals surface area contributed by atoms with Crippen molar-refractivity contribution < 1.29 is 9.72 Å². The molecule has 1 aromatic rings. The predicted molar refractivity (Wildman–Crippen MR) is 61.7 cm³/mol. The minimum absolute atomic E-state index is 0.00514. The van der Waals surface area contributed by atoms with E-state index < -0.39 is 10.9 Å². The van der Waals surface area contributed by atoms with E-state index >= 15 is 0 Å². The largest absolute Gasteiger partial charge is 0.490 e. The molecule has 1 saturated heterocycles. The SMILES string of the molecule is C[C@H]1CCCCN1C(=O)Cn1cnc([N+](=O)[O-])n1. The van der Waals surface area contributed by atoms with E-state index in [9.17, 15) is 14.9 Å². The molecule has 2 heterocycles. The second kappa shape index (κ2) is 5.11. The van der Waals surface area contributed by atoms with Gasteiger partial charge in [-0.1, -0.05) is 4.98 Å². The summed E-state index contributed by atoms with van der Waals surface area (Å²) in [5.41, 5.74) is 0. The number of likely N-dealkylation sites (tertiary alicyclic amines) is 1. The highest BCUT2D eigenvalue weighted by Crippen LogP contribution is 2.16. The van der Waals surface area contributed by atoms with Gasteiger partial charge in [-0.2, -0.15) is 4.68 Å². The second-order valence-electron chi connectivity index (χ2n) is 4.43. The lowest BCUT2D eigenvalue weighted by molar-refractivity contribution is -0.394. The maximum absolute atomic E-state index is 12.0. The summed E-state index contributed by atoms with van der Waals surface area (Å²) in [7, 11) is 0. The van der Waals surface area contributed by atoms with Gasteiger partial charge in [-0.3, -0.25) is 4.79 Å². The maximum Gasteiger partial charge on any atom is 0.490 e. The van der Waals surface area contributed by atoms with Gasteiger partial charge in [0.25, 0.3) is 0 Å². The first-order chi connectivity index (χ1) is 8.58. The number of nitro groups is 1. The van der Waals surface area contributed by atoms with Crippen LogP contribution in [0.1, 0.15) is 26.2 Å². The molecule has 1 aliphatic rings. The molecule has 2 rings (SSSR count). The minimum atomic E-state index is -0.676. The van der Waals surface area contributed by atoms with E-state index in [0.717, 1.165) is 25.8 Å². The van der Waals surface area contributed by atoms with Gasteiger partial charge in [0.15, 0.2) is 0 Å². The summed E-state index contributed by atoms with van der Waals surface area (Å²) >= 11 is 0. The molecular formula is C10H15N5O3. The van der Waals surface area contributed by atoms with E-state index in [-0.39, 0.29) is 18.5 Å². The maximum atomic E-state index is 12.0. The van der Waals surface area contributed by atoms with Crippen LogP contribution >= 0.6 is 0 Å². The monoisotopic (exact) mass is 253 g/mol. The molecule has 1 fully saturated rings. The molecule has 0 aliphatic carbocycles. The van der Waals surface area contributed by atoms with Crippen molar-refractivity contribution in [3.05, 3.63) is 16.4 Å². The third kappa shape index (κ3) is 2.63. The summed E-state index contributed by atoms with van der Waals surface area (Å²) in [5, 5.41) is 14.1. The van der Waals surface area contributed by atoms with Crippen LogP contribution in [0.25, 0.3) is 0 Å². The van der Waals surface area contributed by atoms with Gasteiger partial charge >= 0.3 is 5.95 Å². The van der Waals surface area contributed by atoms with Crippen molar-refractivity contribution in [1.82, 2.24) is 19.7 Å². The summed E-state index contributed by atoms with van der Waals surface area (Å²) in [6, 6.07) is 0.227. The van der Waals surface area contributed by atoms with Crippen LogP contribution in [0.2, 0.25) is 0 Å². The Hall–Kier alpha value is -1.99. The summed E-state index contributed by atoms with van der Waals surface area (Å²) < 4.78 is 1.21. The van der Waals surface area contributed by atoms with E-state index in [4.69, 9.17) is 0 Å². The zero-order valence-electron chi connectivity index (χ0n) is 10.2. The van der Waals surface area contributed by atoms with Crippen LogP contribution < -0.4 is 0 Å². The Bertz CT molecular complexity index is 458. The highest BCUT2D eigenvalue weighted by Gasteiger charge is 2.24. The molecule has 8 nitrogen and oxygen atoms in total. The number of hydrogen-bond donors (Lipinski definition) is 0. The Morgan fingerprint density at radius 3 is 3.00 bits per heavy atom. The lowest BCUT2D eigenvalue weighted by Gasteiger charge is -2.33. The van der Waals surface area contributed by atoms with Crippen molar-refractivity contribution >= 4 is 11.9 Å². The molecule has 1 amide bonds. The quantitative estimate of drug-likeness (QED) is 0.580. The van der Waals surface area contributed by atoms with Crippen LogP contribution in [0.15, 0.2) is 6.33 Å². The molecular weight excluding hydrogens is 238 g/mol. The Kier molecular flexibility index (Phi) is 3.54. The van der Waals surface area contributed by atoms with Gasteiger partial charge in [0.1, 0.15) is 6.54 Å². The topological polar surface area (TPSA) is 94.2 Å². The van der Waals surface area contributed by atoms with Crippen LogP contribution in [-0.4, -0.2) is 43.1 Å². The molecule has 0 radical (unpaired) electrons. The van der Waals surface area contributed by atoms with Crippen LogP contribution in [0, 0.1) is 10.1 Å². The molecule has 18 heavy (non-hydrogen) atoms. The molecule has 0 spiro atoms. The van der Waals surface area contributed by atoms with Gasteiger partial charge in [-0.25, -0.2) is 0 Å². The van der Waals surface area contributed by atoms with Crippen molar-refractivity contribution in [3.63, 3.8) is 0 Å². The predicted octanol–water partition coefficient (Wildman–Crippen LogP) is 0.587. The summed E-state index contributed by atoms with van der Waals surface area (Å²) in [5.74, 6) is -0.545. The minimum Gasteiger partial charge on any atom is -0.390 e. The van der Waals surface area contributed by atoms with Crippen molar-refractivity contribution in [2.24, 2.45) is 0 Å². The van der Waals surface area contributed by atoms with E-state index in [0.29, 0.717) is 0 Å². The Morgan fingerprint density at radius 1 is 1.61 bits per heavy atom. The first-order valence-corrected chi connectivity index (χ1v) is 5.91. The summed E-state index contributed by atoms with van der Waals surface area (Å²) in [6.07, 6.45) is 4.36. The standard InChI is InChI=1S/C10H15N5O3/c1-8-4-2-3-5-14(8)9(16)6-13-7-11-10(12-13)15(17)18/h7-8H,2-6H2,1H3/t8-/m0/s1. The smallest absolute Gasteiger partial charge is 0.390 e. The number of carbonyl (C=O) groups excluding carboxylic acids is 1. The van der Waals surface area contributed by atoms with Crippen molar-refractivity contribution in [3.8, 4) is 0 Å². The zero-order chi connectivity index (χ0) is 13.1. The lowest BCUT2D eigenvalue weighted by Crippen LogP contribution is -2.43. The number of rotatable bonds is 3. The fourth-order valence-corrected chi connectivity index (χ4v) is 2.14. The average Bonchev–Trinajstić information content (AvgIpc) is 2.78. The molecule has 8 heteroatoms. The molecule has 0 aromatic carbocycles. The molecule has 1 aliphatic heterocycles. The van der Waals surface area contributed by atoms with Crippen LogP contribution in [-0.2, 0) is 11.3 Å². The molecule has 0 bridgehead atoms. The first-order valence-electron chi connectivity index (χ1n) is 5.91. The van der Waals surface area contributed by atoms with E-state index in [1.165, 1.54) is 11.0 Å². The number of piperidine rings is 1. The van der Waals surface area contributed by atoms with Gasteiger partial charge in [-0.05, 0) is 31.1 Å². The third-order valence-electron chi connectivity index (χ3n) is 3.11. The fraction of sp³-hybridized carbons (Fsp3) is 0.700. The van der Waals surface area contributed by atoms with E-state index in [1.807, 2.05) is 6.92 Å². The second-order valence-corrected chi connectivity index (χ2v) is 4.43. The summed E-state index contributed by atoms with van der Waals surface area (Å²) in [4.78, 5) is 27.1. The van der Waals surface area contributed by atoms with Gasteiger partial charge < -0.3 is 15.0 Å². The van der Waals surface area contributed by atoms with E-state index in [1.54, 1.807) is 4.90 Å². The zero-order valence-corrected chi connectivity index (χ0v) is 10.2. The first kappa shape index (κ1) is 12.5. The van der Waals surface area contributed by atoms with Gasteiger partial charge in [-0.15, -0.1) is 0 Å². The Labute approximate surface area is 104 Å². The molecule has 0 N–H and O–H groups in total. The normalized spacial score (nSPS) is 19.8. The molecule has 1 aromatic heterocycles. The molecule has 0 saturated carbocycles. The third-order valence-corrected chi connectivity index (χ3v) is 3.11. The highest BCUT2D eigenvalue weighted by molar-refractivity contribution is 5.76. The summed E-state index contributed by atoms with van der Waals surface area (Å²) in [6.45, 7) is 2.77.